The number of nitrogens with one attached hydrogen (secondary N) is 1. The molecular formula is C16H22FNO3. The molecule has 0 aliphatic heterocycles. The molecule has 2 atom stereocenters. The van der Waals surface area contributed by atoms with Crippen molar-refractivity contribution in [1.29, 1.82) is 0 Å². The van der Waals surface area contributed by atoms with Crippen molar-refractivity contribution in [2.24, 2.45) is 0 Å². The lowest BCUT2D eigenvalue weighted by Gasteiger charge is -2.26. The van der Waals surface area contributed by atoms with Crippen molar-refractivity contribution in [2.45, 2.75) is 51.5 Å². The van der Waals surface area contributed by atoms with E-state index in [1.54, 1.807) is 12.1 Å². The van der Waals surface area contributed by atoms with Crippen LogP contribution in [0.2, 0.25) is 0 Å². The van der Waals surface area contributed by atoms with Crippen molar-refractivity contribution >= 4 is 11.9 Å². The van der Waals surface area contributed by atoms with Crippen LogP contribution in [-0.4, -0.2) is 22.5 Å². The van der Waals surface area contributed by atoms with E-state index in [2.05, 4.69) is 5.32 Å². The largest absolute Gasteiger partial charge is 0.480 e. The fraction of sp³-hybridized carbons (Fsp3) is 0.500. The van der Waals surface area contributed by atoms with E-state index in [-0.39, 0.29) is 24.1 Å². The van der Waals surface area contributed by atoms with Gasteiger partial charge in [-0.1, -0.05) is 32.4 Å². The van der Waals surface area contributed by atoms with E-state index in [4.69, 9.17) is 0 Å². The van der Waals surface area contributed by atoms with Crippen molar-refractivity contribution in [3.8, 4) is 0 Å². The van der Waals surface area contributed by atoms with Gasteiger partial charge in [-0.15, -0.1) is 0 Å². The molecule has 0 radical (unpaired) electrons. The minimum Gasteiger partial charge on any atom is -0.480 e. The highest BCUT2D eigenvalue weighted by molar-refractivity contribution is 5.86. The van der Waals surface area contributed by atoms with Gasteiger partial charge < -0.3 is 10.4 Å². The fourth-order valence-corrected chi connectivity index (χ4v) is 2.29. The smallest absolute Gasteiger partial charge is 0.329 e. The molecule has 1 aromatic carbocycles. The Morgan fingerprint density at radius 2 is 2.10 bits per heavy atom. The fourth-order valence-electron chi connectivity index (χ4n) is 2.29. The molecule has 0 aliphatic rings. The van der Waals surface area contributed by atoms with E-state index in [1.807, 2.05) is 13.8 Å². The molecule has 0 spiro atoms. The number of carbonyl (C=O) groups is 2. The van der Waals surface area contributed by atoms with Crippen molar-refractivity contribution in [3.63, 3.8) is 0 Å². The second-order valence-corrected chi connectivity index (χ2v) is 5.60. The Bertz CT molecular complexity index is 518. The van der Waals surface area contributed by atoms with E-state index < -0.39 is 11.5 Å². The first-order valence-electron chi connectivity index (χ1n) is 7.08. The van der Waals surface area contributed by atoms with Gasteiger partial charge in [0, 0.05) is 6.42 Å². The van der Waals surface area contributed by atoms with Gasteiger partial charge in [0.1, 0.15) is 11.4 Å². The Labute approximate surface area is 124 Å². The molecule has 0 aromatic heterocycles. The molecule has 1 aromatic rings. The van der Waals surface area contributed by atoms with Crippen LogP contribution in [0.15, 0.2) is 24.3 Å². The molecule has 0 saturated heterocycles. The number of hydrogen-bond donors (Lipinski definition) is 2. The average molecular weight is 295 g/mol. The van der Waals surface area contributed by atoms with Gasteiger partial charge in [0.15, 0.2) is 0 Å². The number of hydrogen-bond acceptors (Lipinski definition) is 2. The molecule has 0 aliphatic carbocycles. The van der Waals surface area contributed by atoms with Gasteiger partial charge in [-0.25, -0.2) is 9.18 Å². The number of halogens is 1. The number of carbonyl (C=O) groups excluding carboxylic acids is 1. The summed E-state index contributed by atoms with van der Waals surface area (Å²) in [5.74, 6) is -1.91. The number of rotatable bonds is 7. The summed E-state index contributed by atoms with van der Waals surface area (Å²) < 4.78 is 13.2. The van der Waals surface area contributed by atoms with Crippen LogP contribution in [0.5, 0.6) is 0 Å². The molecule has 5 heteroatoms. The lowest BCUT2D eigenvalue weighted by molar-refractivity contribution is -0.147. The van der Waals surface area contributed by atoms with Crippen molar-refractivity contribution in [3.05, 3.63) is 35.6 Å². The molecule has 116 valence electrons. The molecule has 4 nitrogen and oxygen atoms in total. The lowest BCUT2D eigenvalue weighted by atomic mass is 9.93. The number of benzene rings is 1. The Kier molecular flexibility index (Phi) is 5.88. The van der Waals surface area contributed by atoms with Crippen molar-refractivity contribution in [1.82, 2.24) is 5.32 Å². The van der Waals surface area contributed by atoms with Gasteiger partial charge in [-0.3, -0.25) is 4.79 Å². The second kappa shape index (κ2) is 7.20. The quantitative estimate of drug-likeness (QED) is 0.812. The van der Waals surface area contributed by atoms with Crippen LogP contribution in [0.3, 0.4) is 0 Å². The Hall–Kier alpha value is -1.91. The SMILES string of the molecule is CCCC(C)(NC(=O)CC(C)c1cccc(F)c1)C(=O)O. The van der Waals surface area contributed by atoms with Crippen LogP contribution in [0.4, 0.5) is 4.39 Å². The number of amides is 1. The number of carboxylic acids is 1. The van der Waals surface area contributed by atoms with Crippen molar-refractivity contribution < 1.29 is 19.1 Å². The first-order chi connectivity index (χ1) is 9.78. The summed E-state index contributed by atoms with van der Waals surface area (Å²) in [5, 5.41) is 11.8. The van der Waals surface area contributed by atoms with Gasteiger partial charge in [0.25, 0.3) is 0 Å². The first kappa shape index (κ1) is 17.1. The maximum atomic E-state index is 13.2. The van der Waals surface area contributed by atoms with Crippen molar-refractivity contribution in [2.75, 3.05) is 0 Å². The Balaban J connectivity index is 2.70. The number of carboxylic acid groups (broad SMARTS) is 1. The highest BCUT2D eigenvalue weighted by atomic mass is 19.1. The molecule has 0 bridgehead atoms. The van der Waals surface area contributed by atoms with Crippen LogP contribution in [-0.2, 0) is 9.59 Å². The van der Waals surface area contributed by atoms with Gasteiger partial charge in [-0.2, -0.15) is 0 Å². The molecule has 1 amide bonds. The van der Waals surface area contributed by atoms with Crippen LogP contribution in [0.25, 0.3) is 0 Å². The normalized spacial score (nSPS) is 15.0. The zero-order chi connectivity index (χ0) is 16.0. The predicted molar refractivity (Wildman–Crippen MR) is 78.5 cm³/mol. The Morgan fingerprint density at radius 1 is 1.43 bits per heavy atom. The summed E-state index contributed by atoms with van der Waals surface area (Å²) in [4.78, 5) is 23.3. The third-order valence-electron chi connectivity index (χ3n) is 3.55. The molecular weight excluding hydrogens is 273 g/mol. The highest BCUT2D eigenvalue weighted by Crippen LogP contribution is 2.21. The summed E-state index contributed by atoms with van der Waals surface area (Å²) >= 11 is 0. The van der Waals surface area contributed by atoms with Crippen LogP contribution >= 0.6 is 0 Å². The third kappa shape index (κ3) is 4.85. The molecule has 2 N–H and O–H groups in total. The summed E-state index contributed by atoms with van der Waals surface area (Å²) in [6.45, 7) is 5.18. The maximum absolute atomic E-state index is 13.2. The minimum absolute atomic E-state index is 0.121. The topological polar surface area (TPSA) is 66.4 Å². The summed E-state index contributed by atoms with van der Waals surface area (Å²) in [5.41, 5.74) is -0.536. The minimum atomic E-state index is -1.26. The maximum Gasteiger partial charge on any atom is 0.329 e. The van der Waals surface area contributed by atoms with Crippen LogP contribution in [0, 0.1) is 5.82 Å². The molecule has 21 heavy (non-hydrogen) atoms. The summed E-state index contributed by atoms with van der Waals surface area (Å²) in [7, 11) is 0. The molecule has 0 saturated carbocycles. The number of aliphatic carboxylic acids is 1. The lowest BCUT2D eigenvalue weighted by Crippen LogP contribution is -2.52. The third-order valence-corrected chi connectivity index (χ3v) is 3.55. The van der Waals surface area contributed by atoms with E-state index >= 15 is 0 Å². The van der Waals surface area contributed by atoms with Crippen LogP contribution < -0.4 is 5.32 Å². The van der Waals surface area contributed by atoms with Gasteiger partial charge in [0.05, 0.1) is 0 Å². The van der Waals surface area contributed by atoms with Gasteiger partial charge in [-0.05, 0) is 37.0 Å². The highest BCUT2D eigenvalue weighted by Gasteiger charge is 2.33. The second-order valence-electron chi connectivity index (χ2n) is 5.60. The molecule has 0 heterocycles. The first-order valence-corrected chi connectivity index (χ1v) is 7.08. The van der Waals surface area contributed by atoms with Gasteiger partial charge >= 0.3 is 5.97 Å². The van der Waals surface area contributed by atoms with Crippen LogP contribution in [0.1, 0.15) is 51.5 Å². The predicted octanol–water partition coefficient (Wildman–Crippen LogP) is 3.08. The monoisotopic (exact) mass is 295 g/mol. The van der Waals surface area contributed by atoms with E-state index in [0.29, 0.717) is 12.8 Å². The molecule has 0 fully saturated rings. The van der Waals surface area contributed by atoms with E-state index in [1.165, 1.54) is 19.1 Å². The zero-order valence-corrected chi connectivity index (χ0v) is 12.6. The summed E-state index contributed by atoms with van der Waals surface area (Å²) in [6.07, 6.45) is 1.14. The Morgan fingerprint density at radius 3 is 2.62 bits per heavy atom. The van der Waals surface area contributed by atoms with E-state index in [0.717, 1.165) is 5.56 Å². The average Bonchev–Trinajstić information content (AvgIpc) is 2.38. The summed E-state index contributed by atoms with van der Waals surface area (Å²) in [6, 6.07) is 6.08. The molecule has 1 rings (SSSR count). The van der Waals surface area contributed by atoms with E-state index in [9.17, 15) is 19.1 Å². The standard InChI is InChI=1S/C16H22FNO3/c1-4-8-16(3,15(20)21)18-14(19)9-11(2)12-6-5-7-13(17)10-12/h5-7,10-11H,4,8-9H2,1-3H3,(H,18,19)(H,20,21). The van der Waals surface area contributed by atoms with Gasteiger partial charge in [0.2, 0.25) is 5.91 Å². The zero-order valence-electron chi connectivity index (χ0n) is 12.6. The molecule has 2 unspecified atom stereocenters.